The fraction of sp³-hybridized carbons (Fsp3) is 0.200. The minimum absolute atomic E-state index is 0.278. The lowest BCUT2D eigenvalue weighted by Gasteiger charge is -2.10. The largest absolute Gasteiger partial charge is 0.392 e. The van der Waals surface area contributed by atoms with Gasteiger partial charge in [0.15, 0.2) is 0 Å². The third-order valence-electron chi connectivity index (χ3n) is 2.78. The van der Waals surface area contributed by atoms with Crippen molar-refractivity contribution in [1.29, 1.82) is 0 Å². The quantitative estimate of drug-likeness (QED) is 0.899. The maximum absolute atomic E-state index is 13.5. The first-order valence-electron chi connectivity index (χ1n) is 5.75. The Hall–Kier alpha value is -1.32. The van der Waals surface area contributed by atoms with Crippen LogP contribution in [-0.4, -0.2) is 5.11 Å². The van der Waals surface area contributed by atoms with E-state index >= 15 is 0 Å². The molecule has 3 heteroatoms. The monoisotopic (exact) mass is 262 g/mol. The number of hydrogen-bond acceptors (Lipinski definition) is 2. The van der Waals surface area contributed by atoms with E-state index in [1.54, 1.807) is 6.07 Å². The molecule has 0 aromatic heterocycles. The molecule has 1 N–H and O–H groups in total. The minimum atomic E-state index is -0.354. The average molecular weight is 262 g/mol. The van der Waals surface area contributed by atoms with E-state index in [4.69, 9.17) is 0 Å². The standard InChI is InChI=1S/C15H15FOS/c1-10-6-7-14(11(2)8-10)18-15-5-3-4-13(16)12(15)9-17/h3-8,17H,9H2,1-2H3. The second-order valence-corrected chi connectivity index (χ2v) is 5.33. The van der Waals surface area contributed by atoms with Crippen molar-refractivity contribution >= 4 is 11.8 Å². The van der Waals surface area contributed by atoms with Gasteiger partial charge in [0.2, 0.25) is 0 Å². The van der Waals surface area contributed by atoms with Gasteiger partial charge in [-0.2, -0.15) is 0 Å². The summed E-state index contributed by atoms with van der Waals surface area (Å²) >= 11 is 1.49. The van der Waals surface area contributed by atoms with Crippen LogP contribution >= 0.6 is 11.8 Å². The number of aryl methyl sites for hydroxylation is 2. The van der Waals surface area contributed by atoms with Gasteiger partial charge in [-0.3, -0.25) is 0 Å². The first-order chi connectivity index (χ1) is 8.61. The third kappa shape index (κ3) is 2.74. The molecule has 0 amide bonds. The average Bonchev–Trinajstić information content (AvgIpc) is 2.33. The van der Waals surface area contributed by atoms with Crippen molar-refractivity contribution in [3.63, 3.8) is 0 Å². The van der Waals surface area contributed by atoms with Crippen LogP contribution in [0.15, 0.2) is 46.2 Å². The van der Waals surface area contributed by atoms with Crippen molar-refractivity contribution in [2.75, 3.05) is 0 Å². The van der Waals surface area contributed by atoms with Gasteiger partial charge in [-0.15, -0.1) is 0 Å². The van der Waals surface area contributed by atoms with Crippen LogP contribution < -0.4 is 0 Å². The highest BCUT2D eigenvalue weighted by molar-refractivity contribution is 7.99. The molecule has 1 nitrogen and oxygen atoms in total. The molecule has 0 spiro atoms. The minimum Gasteiger partial charge on any atom is -0.392 e. The maximum atomic E-state index is 13.5. The Balaban J connectivity index is 2.37. The Morgan fingerprint density at radius 3 is 2.56 bits per heavy atom. The van der Waals surface area contributed by atoms with Crippen molar-refractivity contribution in [1.82, 2.24) is 0 Å². The molecule has 0 unspecified atom stereocenters. The SMILES string of the molecule is Cc1ccc(Sc2cccc(F)c2CO)c(C)c1. The van der Waals surface area contributed by atoms with Gasteiger partial charge in [-0.1, -0.05) is 35.5 Å². The van der Waals surface area contributed by atoms with Gasteiger partial charge in [-0.05, 0) is 37.6 Å². The van der Waals surface area contributed by atoms with Gasteiger partial charge in [0.1, 0.15) is 5.82 Å². The molecule has 0 bridgehead atoms. The summed E-state index contributed by atoms with van der Waals surface area (Å²) in [6.07, 6.45) is 0. The second kappa shape index (κ2) is 5.55. The highest BCUT2D eigenvalue weighted by Gasteiger charge is 2.09. The summed E-state index contributed by atoms with van der Waals surface area (Å²) in [4.78, 5) is 1.85. The topological polar surface area (TPSA) is 20.2 Å². The molecule has 2 aromatic carbocycles. The highest BCUT2D eigenvalue weighted by atomic mass is 32.2. The molecule has 0 heterocycles. The van der Waals surface area contributed by atoms with Gasteiger partial charge in [0.05, 0.1) is 6.61 Å². The zero-order chi connectivity index (χ0) is 13.1. The van der Waals surface area contributed by atoms with E-state index in [0.29, 0.717) is 5.56 Å². The Morgan fingerprint density at radius 2 is 1.89 bits per heavy atom. The second-order valence-electron chi connectivity index (χ2n) is 4.25. The Morgan fingerprint density at radius 1 is 1.11 bits per heavy atom. The van der Waals surface area contributed by atoms with E-state index in [-0.39, 0.29) is 12.4 Å². The molecule has 0 saturated carbocycles. The number of aliphatic hydroxyl groups excluding tert-OH is 1. The van der Waals surface area contributed by atoms with Crippen molar-refractivity contribution < 1.29 is 9.50 Å². The normalized spacial score (nSPS) is 10.7. The molecule has 0 atom stereocenters. The van der Waals surface area contributed by atoms with Crippen molar-refractivity contribution in [2.45, 2.75) is 30.2 Å². The summed E-state index contributed by atoms with van der Waals surface area (Å²) in [6.45, 7) is 3.80. The molecule has 2 aromatic rings. The highest BCUT2D eigenvalue weighted by Crippen LogP contribution is 2.33. The number of aliphatic hydroxyl groups is 1. The molecule has 0 saturated heterocycles. The van der Waals surface area contributed by atoms with E-state index in [2.05, 4.69) is 6.07 Å². The Labute approximate surface area is 111 Å². The molecular formula is C15H15FOS. The fourth-order valence-electron chi connectivity index (χ4n) is 1.82. The summed E-state index contributed by atoms with van der Waals surface area (Å²) < 4.78 is 13.5. The summed E-state index contributed by atoms with van der Waals surface area (Å²) in [5.74, 6) is -0.354. The van der Waals surface area contributed by atoms with Crippen LogP contribution in [-0.2, 0) is 6.61 Å². The summed E-state index contributed by atoms with van der Waals surface area (Å²) in [6, 6.07) is 11.0. The lowest BCUT2D eigenvalue weighted by Crippen LogP contribution is -1.93. The fourth-order valence-corrected chi connectivity index (χ4v) is 2.85. The van der Waals surface area contributed by atoms with E-state index in [9.17, 15) is 9.50 Å². The molecule has 0 aliphatic rings. The van der Waals surface area contributed by atoms with Crippen molar-refractivity contribution in [3.8, 4) is 0 Å². The van der Waals surface area contributed by atoms with E-state index in [0.717, 1.165) is 15.4 Å². The predicted octanol–water partition coefficient (Wildman–Crippen LogP) is 4.09. The Kier molecular flexibility index (Phi) is 4.04. The third-order valence-corrected chi connectivity index (χ3v) is 4.06. The van der Waals surface area contributed by atoms with E-state index < -0.39 is 0 Å². The zero-order valence-corrected chi connectivity index (χ0v) is 11.2. The number of hydrogen-bond donors (Lipinski definition) is 1. The first kappa shape index (κ1) is 13.1. The lowest BCUT2D eigenvalue weighted by atomic mass is 10.2. The van der Waals surface area contributed by atoms with Crippen molar-refractivity contribution in [3.05, 3.63) is 58.9 Å². The molecule has 0 radical (unpaired) electrons. The van der Waals surface area contributed by atoms with Gasteiger partial charge >= 0.3 is 0 Å². The van der Waals surface area contributed by atoms with Crippen LogP contribution in [0.25, 0.3) is 0 Å². The molecule has 94 valence electrons. The maximum Gasteiger partial charge on any atom is 0.129 e. The summed E-state index contributed by atoms with van der Waals surface area (Å²) in [5.41, 5.74) is 2.73. The van der Waals surface area contributed by atoms with Gasteiger partial charge in [0.25, 0.3) is 0 Å². The Bertz CT molecular complexity index is 566. The van der Waals surface area contributed by atoms with Crippen LogP contribution in [0.5, 0.6) is 0 Å². The van der Waals surface area contributed by atoms with Crippen LogP contribution in [0, 0.1) is 19.7 Å². The lowest BCUT2D eigenvalue weighted by molar-refractivity contribution is 0.272. The predicted molar refractivity (Wildman–Crippen MR) is 72.4 cm³/mol. The van der Waals surface area contributed by atoms with Gasteiger partial charge in [0, 0.05) is 15.4 Å². The van der Waals surface area contributed by atoms with Crippen LogP contribution in [0.3, 0.4) is 0 Å². The van der Waals surface area contributed by atoms with Gasteiger partial charge < -0.3 is 5.11 Å². The summed E-state index contributed by atoms with van der Waals surface area (Å²) in [7, 11) is 0. The molecule has 0 aliphatic carbocycles. The number of benzene rings is 2. The molecule has 0 aliphatic heterocycles. The van der Waals surface area contributed by atoms with Crippen LogP contribution in [0.4, 0.5) is 4.39 Å². The molecular weight excluding hydrogens is 247 g/mol. The molecule has 0 fully saturated rings. The molecule has 2 rings (SSSR count). The van der Waals surface area contributed by atoms with Crippen molar-refractivity contribution in [2.24, 2.45) is 0 Å². The van der Waals surface area contributed by atoms with Crippen LogP contribution in [0.2, 0.25) is 0 Å². The zero-order valence-electron chi connectivity index (χ0n) is 10.4. The smallest absolute Gasteiger partial charge is 0.129 e. The van der Waals surface area contributed by atoms with Crippen LogP contribution in [0.1, 0.15) is 16.7 Å². The van der Waals surface area contributed by atoms with Gasteiger partial charge in [-0.25, -0.2) is 4.39 Å². The van der Waals surface area contributed by atoms with E-state index in [1.807, 2.05) is 32.0 Å². The first-order valence-corrected chi connectivity index (χ1v) is 6.57. The molecule has 18 heavy (non-hydrogen) atoms. The van der Waals surface area contributed by atoms with E-state index in [1.165, 1.54) is 23.4 Å². The number of halogens is 1. The summed E-state index contributed by atoms with van der Waals surface area (Å²) in [5, 5.41) is 9.24. The number of rotatable bonds is 3.